The predicted octanol–water partition coefficient (Wildman–Crippen LogP) is 7.76. The number of carbonyl (C=O) groups is 1. The van der Waals surface area contributed by atoms with E-state index in [9.17, 15) is 4.79 Å². The van der Waals surface area contributed by atoms with Crippen LogP contribution < -0.4 is 5.32 Å². The van der Waals surface area contributed by atoms with Crippen LogP contribution in [0, 0.1) is 11.3 Å². The Hall–Kier alpha value is -2.90. The van der Waals surface area contributed by atoms with Gasteiger partial charge in [-0.3, -0.25) is 4.79 Å². The number of rotatable bonds is 11. The van der Waals surface area contributed by atoms with Crippen molar-refractivity contribution in [3.05, 3.63) is 82.2 Å². The predicted molar refractivity (Wildman–Crippen MR) is 157 cm³/mol. The molecule has 1 aliphatic heterocycles. The highest BCUT2D eigenvalue weighted by Crippen LogP contribution is 2.25. The molecule has 0 aromatic rings. The van der Waals surface area contributed by atoms with E-state index in [1.165, 1.54) is 11.3 Å². The SMILES string of the molecule is CC/C=C/C=C(C#N)\C=C(/C)CCC.C\C=C(C=O)/C(C(/C)=C\C=C\CC)=C(/C)N1CCNC(C)C1. The number of allylic oxidation sites excluding steroid dienone is 14. The van der Waals surface area contributed by atoms with E-state index in [1.807, 2.05) is 37.3 Å². The van der Waals surface area contributed by atoms with Crippen molar-refractivity contribution in [2.24, 2.45) is 0 Å². The molecule has 0 radical (unpaired) electrons. The lowest BCUT2D eigenvalue weighted by molar-refractivity contribution is -0.104. The van der Waals surface area contributed by atoms with Gasteiger partial charge in [0.05, 0.1) is 11.6 Å². The van der Waals surface area contributed by atoms with Crippen LogP contribution in [0.15, 0.2) is 82.2 Å². The number of hydrogen-bond donors (Lipinski definition) is 1. The number of nitriles is 1. The van der Waals surface area contributed by atoms with Crippen LogP contribution in [0.1, 0.15) is 81.1 Å². The average Bonchev–Trinajstić information content (AvgIpc) is 2.87. The summed E-state index contributed by atoms with van der Waals surface area (Å²) in [5.74, 6) is 0. The molecule has 198 valence electrons. The van der Waals surface area contributed by atoms with Gasteiger partial charge >= 0.3 is 0 Å². The summed E-state index contributed by atoms with van der Waals surface area (Å²) in [4.78, 5) is 13.9. The largest absolute Gasteiger partial charge is 0.372 e. The minimum atomic E-state index is 0.472. The Bertz CT molecular complexity index is 920. The lowest BCUT2D eigenvalue weighted by atomic mass is 9.96. The number of piperazine rings is 1. The summed E-state index contributed by atoms with van der Waals surface area (Å²) < 4.78 is 0. The molecule has 0 aliphatic carbocycles. The van der Waals surface area contributed by atoms with Crippen LogP contribution in [0.3, 0.4) is 0 Å². The smallest absolute Gasteiger partial charge is 0.150 e. The average molecular weight is 492 g/mol. The third-order valence-electron chi connectivity index (χ3n) is 5.87. The molecule has 0 saturated carbocycles. The molecule has 36 heavy (non-hydrogen) atoms. The summed E-state index contributed by atoms with van der Waals surface area (Å²) in [6, 6.07) is 2.66. The maximum Gasteiger partial charge on any atom is 0.150 e. The lowest BCUT2D eigenvalue weighted by Gasteiger charge is -2.35. The summed E-state index contributed by atoms with van der Waals surface area (Å²) in [6.45, 7) is 19.7. The number of carbonyl (C=O) groups excluding carboxylic acids is 1. The van der Waals surface area contributed by atoms with E-state index in [1.54, 1.807) is 0 Å². The van der Waals surface area contributed by atoms with E-state index in [2.05, 4.69) is 83.0 Å². The summed E-state index contributed by atoms with van der Waals surface area (Å²) in [5.41, 5.74) is 6.15. The summed E-state index contributed by atoms with van der Waals surface area (Å²) >= 11 is 0. The molecule has 1 heterocycles. The molecular weight excluding hydrogens is 442 g/mol. The Morgan fingerprint density at radius 3 is 2.22 bits per heavy atom. The molecule has 0 aromatic heterocycles. The van der Waals surface area contributed by atoms with Crippen LogP contribution in [0.4, 0.5) is 0 Å². The van der Waals surface area contributed by atoms with Crippen molar-refractivity contribution in [1.29, 1.82) is 5.26 Å². The Balaban J connectivity index is 0.000000757. The van der Waals surface area contributed by atoms with Crippen LogP contribution in [0.2, 0.25) is 0 Å². The van der Waals surface area contributed by atoms with Gasteiger partial charge < -0.3 is 10.2 Å². The molecule has 4 heteroatoms. The van der Waals surface area contributed by atoms with Crippen molar-refractivity contribution in [2.75, 3.05) is 19.6 Å². The second-order valence-corrected chi connectivity index (χ2v) is 9.12. The van der Waals surface area contributed by atoms with Gasteiger partial charge in [0, 0.05) is 42.5 Å². The minimum Gasteiger partial charge on any atom is -0.372 e. The van der Waals surface area contributed by atoms with Crippen LogP contribution in [0.5, 0.6) is 0 Å². The van der Waals surface area contributed by atoms with Crippen molar-refractivity contribution in [3.8, 4) is 6.07 Å². The van der Waals surface area contributed by atoms with Crippen molar-refractivity contribution in [2.45, 2.75) is 87.1 Å². The number of nitrogens with zero attached hydrogens (tertiary/aromatic N) is 2. The molecular formula is C32H49N3O. The first kappa shape index (κ1) is 33.1. The molecule has 0 bridgehead atoms. The van der Waals surface area contributed by atoms with Gasteiger partial charge in [-0.25, -0.2) is 0 Å². The summed E-state index contributed by atoms with van der Waals surface area (Å²) in [5, 5.41) is 12.3. The molecule has 1 unspecified atom stereocenters. The first-order valence-electron chi connectivity index (χ1n) is 13.4. The fourth-order valence-corrected chi connectivity index (χ4v) is 3.98. The third-order valence-corrected chi connectivity index (χ3v) is 5.87. The van der Waals surface area contributed by atoms with Gasteiger partial charge in [0.2, 0.25) is 0 Å². The van der Waals surface area contributed by atoms with E-state index < -0.39 is 0 Å². The van der Waals surface area contributed by atoms with Gasteiger partial charge in [0.15, 0.2) is 0 Å². The number of nitrogens with one attached hydrogen (secondary N) is 1. The van der Waals surface area contributed by atoms with Crippen molar-refractivity contribution >= 4 is 6.29 Å². The zero-order chi connectivity index (χ0) is 27.3. The highest BCUT2D eigenvalue weighted by Gasteiger charge is 2.20. The highest BCUT2D eigenvalue weighted by molar-refractivity contribution is 5.83. The Labute approximate surface area is 221 Å². The topological polar surface area (TPSA) is 56.1 Å². The first-order valence-corrected chi connectivity index (χ1v) is 13.4. The highest BCUT2D eigenvalue weighted by atomic mass is 16.1. The molecule has 4 nitrogen and oxygen atoms in total. The molecule has 1 aliphatic rings. The zero-order valence-corrected chi connectivity index (χ0v) is 24.0. The van der Waals surface area contributed by atoms with Gasteiger partial charge in [0.1, 0.15) is 6.29 Å². The standard InChI is InChI=1S/C19H30N2O.C13H19N/c1-6-8-9-10-15(3)19(18(7-2)14-22)17(5)21-12-11-20-16(4)13-21;1-4-6-7-9-13(11-14)10-12(3)8-5-2/h7-10,14,16,20H,6,11-13H2,1-5H3;6-7,9-10H,4-5,8H2,1-3H3/b9-8+,15-10-,18-7-,19-17-;7-6+,12-10+,13-9+. The van der Waals surface area contributed by atoms with E-state index in [4.69, 9.17) is 5.26 Å². The molecule has 1 fully saturated rings. The van der Waals surface area contributed by atoms with Crippen molar-refractivity contribution in [3.63, 3.8) is 0 Å². The van der Waals surface area contributed by atoms with Gasteiger partial charge in [-0.1, -0.05) is 69.2 Å². The van der Waals surface area contributed by atoms with Gasteiger partial charge in [-0.15, -0.1) is 0 Å². The Morgan fingerprint density at radius 2 is 1.72 bits per heavy atom. The quantitative estimate of drug-likeness (QED) is 0.139. The Morgan fingerprint density at radius 1 is 1.08 bits per heavy atom. The maximum atomic E-state index is 11.5. The monoisotopic (exact) mass is 491 g/mol. The van der Waals surface area contributed by atoms with Gasteiger partial charge in [0.25, 0.3) is 0 Å². The third kappa shape index (κ3) is 13.3. The van der Waals surface area contributed by atoms with Crippen LogP contribution in [-0.4, -0.2) is 36.9 Å². The molecule has 1 rings (SSSR count). The molecule has 0 spiro atoms. The molecule has 0 amide bonds. The number of aldehydes is 1. The van der Waals surface area contributed by atoms with Crippen LogP contribution in [-0.2, 0) is 4.79 Å². The Kier molecular flexibility index (Phi) is 18.7. The van der Waals surface area contributed by atoms with Crippen LogP contribution >= 0.6 is 0 Å². The zero-order valence-electron chi connectivity index (χ0n) is 24.0. The fourth-order valence-electron chi connectivity index (χ4n) is 3.98. The van der Waals surface area contributed by atoms with Gasteiger partial charge in [-0.05, 0) is 71.6 Å². The fraction of sp³-hybridized carbons (Fsp3) is 0.500. The van der Waals surface area contributed by atoms with E-state index in [-0.39, 0.29) is 0 Å². The van der Waals surface area contributed by atoms with E-state index in [0.29, 0.717) is 6.04 Å². The van der Waals surface area contributed by atoms with Crippen molar-refractivity contribution in [1.82, 2.24) is 10.2 Å². The summed E-state index contributed by atoms with van der Waals surface area (Å²) in [6.07, 6.45) is 21.2. The summed E-state index contributed by atoms with van der Waals surface area (Å²) in [7, 11) is 0. The minimum absolute atomic E-state index is 0.472. The molecule has 1 atom stereocenters. The van der Waals surface area contributed by atoms with Crippen LogP contribution in [0.25, 0.3) is 0 Å². The van der Waals surface area contributed by atoms with E-state index in [0.717, 1.165) is 73.9 Å². The van der Waals surface area contributed by atoms with E-state index >= 15 is 0 Å². The molecule has 1 N–H and O–H groups in total. The molecule has 1 saturated heterocycles. The lowest BCUT2D eigenvalue weighted by Crippen LogP contribution is -2.48. The van der Waals surface area contributed by atoms with Crippen molar-refractivity contribution < 1.29 is 4.79 Å². The second kappa shape index (κ2) is 20.3. The maximum absolute atomic E-state index is 11.5. The first-order chi connectivity index (χ1) is 17.3. The normalized spacial score (nSPS) is 18.6. The molecule has 0 aromatic carbocycles. The number of hydrogen-bond acceptors (Lipinski definition) is 4. The van der Waals surface area contributed by atoms with Gasteiger partial charge in [-0.2, -0.15) is 5.26 Å². The second-order valence-electron chi connectivity index (χ2n) is 9.12.